The maximum atomic E-state index is 11.0. The van der Waals surface area contributed by atoms with Crippen LogP contribution in [0.1, 0.15) is 26.7 Å². The van der Waals surface area contributed by atoms with Crippen molar-refractivity contribution in [3.63, 3.8) is 0 Å². The van der Waals surface area contributed by atoms with Crippen LogP contribution in [0.2, 0.25) is 0 Å². The highest BCUT2D eigenvalue weighted by molar-refractivity contribution is 5.78. The summed E-state index contributed by atoms with van der Waals surface area (Å²) in [6.07, 6.45) is 1.50. The molecule has 1 fully saturated rings. The van der Waals surface area contributed by atoms with Crippen molar-refractivity contribution in [3.05, 3.63) is 0 Å². The van der Waals surface area contributed by atoms with Gasteiger partial charge in [0.2, 0.25) is 5.91 Å². The van der Waals surface area contributed by atoms with E-state index in [1.54, 1.807) is 0 Å². The van der Waals surface area contributed by atoms with Gasteiger partial charge in [-0.15, -0.1) is 0 Å². The van der Waals surface area contributed by atoms with Crippen molar-refractivity contribution in [2.24, 2.45) is 0 Å². The van der Waals surface area contributed by atoms with Crippen molar-refractivity contribution < 1.29 is 9.63 Å². The first kappa shape index (κ1) is 7.54. The molecule has 0 atom stereocenters. The number of nitrogens with zero attached hydrogens (tertiary/aromatic N) is 1. The molecule has 1 saturated heterocycles. The molecule has 58 valence electrons. The second kappa shape index (κ2) is 2.23. The Morgan fingerprint density at radius 1 is 1.60 bits per heavy atom. The summed E-state index contributed by atoms with van der Waals surface area (Å²) in [5, 5.41) is 1.45. The van der Waals surface area contributed by atoms with Crippen LogP contribution in [0.3, 0.4) is 0 Å². The van der Waals surface area contributed by atoms with E-state index in [9.17, 15) is 4.79 Å². The van der Waals surface area contributed by atoms with Crippen molar-refractivity contribution in [1.82, 2.24) is 5.06 Å². The van der Waals surface area contributed by atoms with Crippen LogP contribution < -0.4 is 0 Å². The lowest BCUT2D eigenvalue weighted by atomic mass is 10.0. The van der Waals surface area contributed by atoms with Gasteiger partial charge in [-0.2, -0.15) is 0 Å². The minimum absolute atomic E-state index is 0.0903. The Labute approximate surface area is 60.9 Å². The maximum absolute atomic E-state index is 11.0. The molecule has 3 nitrogen and oxygen atoms in total. The van der Waals surface area contributed by atoms with Gasteiger partial charge in [-0.25, -0.2) is 5.06 Å². The van der Waals surface area contributed by atoms with E-state index in [1.165, 1.54) is 12.2 Å². The molecule has 10 heavy (non-hydrogen) atoms. The predicted octanol–water partition coefficient (Wildman–Crippen LogP) is 0.949. The second-order valence-electron chi connectivity index (χ2n) is 3.18. The highest BCUT2D eigenvalue weighted by Crippen LogP contribution is 2.28. The molecule has 1 aliphatic rings. The van der Waals surface area contributed by atoms with Crippen LogP contribution in [0, 0.1) is 0 Å². The van der Waals surface area contributed by atoms with E-state index in [-0.39, 0.29) is 11.4 Å². The Morgan fingerprint density at radius 2 is 2.20 bits per heavy atom. The SMILES string of the molecule is CON1C(=O)CCC1(C)C. The minimum Gasteiger partial charge on any atom is -0.274 e. The fourth-order valence-corrected chi connectivity index (χ4v) is 1.30. The lowest BCUT2D eigenvalue weighted by molar-refractivity contribution is -0.190. The number of rotatable bonds is 1. The first-order valence-corrected chi connectivity index (χ1v) is 3.45. The van der Waals surface area contributed by atoms with Crippen molar-refractivity contribution in [3.8, 4) is 0 Å². The zero-order chi connectivity index (χ0) is 7.78. The van der Waals surface area contributed by atoms with Gasteiger partial charge < -0.3 is 0 Å². The lowest BCUT2D eigenvalue weighted by Crippen LogP contribution is -2.39. The van der Waals surface area contributed by atoms with Gasteiger partial charge in [0.1, 0.15) is 0 Å². The van der Waals surface area contributed by atoms with Crippen LogP contribution in [-0.4, -0.2) is 23.6 Å². The molecule has 0 N–H and O–H groups in total. The molecular weight excluding hydrogens is 130 g/mol. The first-order chi connectivity index (χ1) is 4.58. The molecule has 0 aromatic heterocycles. The van der Waals surface area contributed by atoms with Gasteiger partial charge in [0.25, 0.3) is 0 Å². The maximum Gasteiger partial charge on any atom is 0.246 e. The van der Waals surface area contributed by atoms with Crippen molar-refractivity contribution >= 4 is 5.91 Å². The van der Waals surface area contributed by atoms with Gasteiger partial charge in [-0.3, -0.25) is 9.63 Å². The monoisotopic (exact) mass is 143 g/mol. The summed E-state index contributed by atoms with van der Waals surface area (Å²) in [5.41, 5.74) is -0.105. The molecule has 0 aromatic rings. The second-order valence-corrected chi connectivity index (χ2v) is 3.18. The number of hydrogen-bond donors (Lipinski definition) is 0. The highest BCUT2D eigenvalue weighted by Gasteiger charge is 2.38. The zero-order valence-corrected chi connectivity index (χ0v) is 6.68. The Bertz CT molecular complexity index is 154. The normalized spacial score (nSPS) is 23.9. The third-order valence-corrected chi connectivity index (χ3v) is 1.91. The standard InChI is InChI=1S/C7H13NO2/c1-7(2)5-4-6(9)8(7)10-3/h4-5H2,1-3H3. The first-order valence-electron chi connectivity index (χ1n) is 3.45. The topological polar surface area (TPSA) is 29.5 Å². The van der Waals surface area contributed by atoms with E-state index >= 15 is 0 Å². The third-order valence-electron chi connectivity index (χ3n) is 1.91. The van der Waals surface area contributed by atoms with Gasteiger partial charge in [0.05, 0.1) is 12.6 Å². The van der Waals surface area contributed by atoms with E-state index < -0.39 is 0 Å². The minimum atomic E-state index is -0.105. The molecule has 0 saturated carbocycles. The quantitative estimate of drug-likeness (QED) is 0.547. The highest BCUT2D eigenvalue weighted by atomic mass is 16.7. The van der Waals surface area contributed by atoms with Gasteiger partial charge in [0.15, 0.2) is 0 Å². The molecular formula is C7H13NO2. The number of carbonyl (C=O) groups is 1. The largest absolute Gasteiger partial charge is 0.274 e. The van der Waals surface area contributed by atoms with Crippen molar-refractivity contribution in [2.75, 3.05) is 7.11 Å². The van der Waals surface area contributed by atoms with Crippen LogP contribution in [-0.2, 0) is 9.63 Å². The van der Waals surface area contributed by atoms with Crippen LogP contribution in [0.5, 0.6) is 0 Å². The van der Waals surface area contributed by atoms with Crippen LogP contribution in [0.4, 0.5) is 0 Å². The smallest absolute Gasteiger partial charge is 0.246 e. The summed E-state index contributed by atoms with van der Waals surface area (Å²) in [6.45, 7) is 4.00. The fourth-order valence-electron chi connectivity index (χ4n) is 1.30. The van der Waals surface area contributed by atoms with E-state index in [1.807, 2.05) is 13.8 Å². The molecule has 0 aromatic carbocycles. The van der Waals surface area contributed by atoms with Gasteiger partial charge in [-0.1, -0.05) is 0 Å². The number of carbonyl (C=O) groups excluding carboxylic acids is 1. The molecule has 0 spiro atoms. The third kappa shape index (κ3) is 1.01. The molecule has 1 aliphatic heterocycles. The number of amides is 1. The molecule has 0 bridgehead atoms. The van der Waals surface area contributed by atoms with Gasteiger partial charge in [0, 0.05) is 6.42 Å². The lowest BCUT2D eigenvalue weighted by Gasteiger charge is -2.28. The van der Waals surface area contributed by atoms with Crippen LogP contribution in [0.25, 0.3) is 0 Å². The molecule has 1 rings (SSSR count). The summed E-state index contributed by atoms with van der Waals surface area (Å²) >= 11 is 0. The average Bonchev–Trinajstić information content (AvgIpc) is 2.07. The van der Waals surface area contributed by atoms with Crippen molar-refractivity contribution in [2.45, 2.75) is 32.2 Å². The molecule has 1 amide bonds. The van der Waals surface area contributed by atoms with Gasteiger partial charge >= 0.3 is 0 Å². The van der Waals surface area contributed by atoms with E-state index in [4.69, 9.17) is 4.84 Å². The Morgan fingerprint density at radius 3 is 2.40 bits per heavy atom. The Hall–Kier alpha value is -0.570. The summed E-state index contributed by atoms with van der Waals surface area (Å²) in [7, 11) is 1.53. The number of hydroxylamine groups is 2. The fraction of sp³-hybridized carbons (Fsp3) is 0.857. The van der Waals surface area contributed by atoms with Crippen LogP contribution >= 0.6 is 0 Å². The van der Waals surface area contributed by atoms with E-state index in [0.29, 0.717) is 6.42 Å². The molecule has 1 heterocycles. The number of hydrogen-bond acceptors (Lipinski definition) is 2. The van der Waals surface area contributed by atoms with Crippen molar-refractivity contribution in [1.29, 1.82) is 0 Å². The molecule has 0 radical (unpaired) electrons. The molecule has 0 unspecified atom stereocenters. The predicted molar refractivity (Wildman–Crippen MR) is 37.2 cm³/mol. The summed E-state index contributed by atoms with van der Waals surface area (Å²) in [6, 6.07) is 0. The van der Waals surface area contributed by atoms with Crippen LogP contribution in [0.15, 0.2) is 0 Å². The van der Waals surface area contributed by atoms with E-state index in [2.05, 4.69) is 0 Å². The summed E-state index contributed by atoms with van der Waals surface area (Å²) in [5.74, 6) is 0.0903. The Kier molecular flexibility index (Phi) is 1.68. The van der Waals surface area contributed by atoms with E-state index in [0.717, 1.165) is 6.42 Å². The molecule has 3 heteroatoms. The molecule has 0 aliphatic carbocycles. The summed E-state index contributed by atoms with van der Waals surface area (Å²) < 4.78 is 0. The Balaban J connectivity index is 2.73. The van der Waals surface area contributed by atoms with Gasteiger partial charge in [-0.05, 0) is 20.3 Å². The summed E-state index contributed by atoms with van der Waals surface area (Å²) in [4.78, 5) is 15.9. The zero-order valence-electron chi connectivity index (χ0n) is 6.68. The average molecular weight is 143 g/mol.